The highest BCUT2D eigenvalue weighted by atomic mass is 32.1. The van der Waals surface area contributed by atoms with E-state index in [1.165, 1.54) is 0 Å². The van der Waals surface area contributed by atoms with E-state index in [9.17, 15) is 4.79 Å². The molecule has 1 N–H and O–H groups in total. The van der Waals surface area contributed by atoms with E-state index in [1.807, 2.05) is 32.9 Å². The molecule has 2 unspecified atom stereocenters. The van der Waals surface area contributed by atoms with Crippen LogP contribution in [0.2, 0.25) is 0 Å². The molecule has 4 nitrogen and oxygen atoms in total. The number of thiocarbonyl (C=S) groups is 1. The van der Waals surface area contributed by atoms with Crippen molar-refractivity contribution in [2.24, 2.45) is 11.3 Å². The summed E-state index contributed by atoms with van der Waals surface area (Å²) >= 11 is 5.44. The summed E-state index contributed by atoms with van der Waals surface area (Å²) in [7, 11) is 0. The van der Waals surface area contributed by atoms with Crippen LogP contribution >= 0.6 is 12.2 Å². The molecule has 108 valence electrons. The fourth-order valence-corrected chi connectivity index (χ4v) is 2.13. The number of carbonyl (C=O) groups excluding carboxylic acids is 1. The van der Waals surface area contributed by atoms with Gasteiger partial charge in [-0.1, -0.05) is 39.6 Å². The van der Waals surface area contributed by atoms with E-state index in [0.717, 1.165) is 5.76 Å². The van der Waals surface area contributed by atoms with E-state index in [4.69, 9.17) is 21.4 Å². The summed E-state index contributed by atoms with van der Waals surface area (Å²) in [6, 6.07) is 3.43. The van der Waals surface area contributed by atoms with Crippen LogP contribution in [0, 0.1) is 11.3 Å². The molecule has 0 radical (unpaired) electrons. The third-order valence-corrected chi connectivity index (χ3v) is 4.05. The SMILES string of the molecule is C=C1C(=O)OCC1C(NC(=S)C(C)(C)C)c1ccco1. The number of esters is 1. The van der Waals surface area contributed by atoms with Gasteiger partial charge in [-0.15, -0.1) is 0 Å². The number of carbonyl (C=O) groups is 1. The first kappa shape index (κ1) is 14.8. The maximum Gasteiger partial charge on any atom is 0.333 e. The maximum absolute atomic E-state index is 11.5. The Morgan fingerprint density at radius 3 is 2.70 bits per heavy atom. The van der Waals surface area contributed by atoms with Gasteiger partial charge in [0.25, 0.3) is 0 Å². The van der Waals surface area contributed by atoms with Crippen molar-refractivity contribution < 1.29 is 13.9 Å². The number of hydrogen-bond donors (Lipinski definition) is 1. The summed E-state index contributed by atoms with van der Waals surface area (Å²) < 4.78 is 10.5. The predicted octanol–water partition coefficient (Wildman–Crippen LogP) is 3.01. The Balaban J connectivity index is 2.25. The summed E-state index contributed by atoms with van der Waals surface area (Å²) in [6.07, 6.45) is 1.60. The number of rotatable bonds is 3. The smallest absolute Gasteiger partial charge is 0.333 e. The van der Waals surface area contributed by atoms with Crippen molar-refractivity contribution in [3.05, 3.63) is 36.3 Å². The molecule has 1 fully saturated rings. The predicted molar refractivity (Wildman–Crippen MR) is 80.2 cm³/mol. The molecule has 0 spiro atoms. The second-order valence-electron chi connectivity index (χ2n) is 5.95. The van der Waals surface area contributed by atoms with Gasteiger partial charge in [0, 0.05) is 11.0 Å². The minimum absolute atomic E-state index is 0.162. The molecule has 0 aliphatic carbocycles. The number of nitrogens with one attached hydrogen (secondary N) is 1. The highest BCUT2D eigenvalue weighted by Crippen LogP contribution is 2.33. The number of hydrogen-bond acceptors (Lipinski definition) is 4. The van der Waals surface area contributed by atoms with Crippen LogP contribution in [-0.2, 0) is 9.53 Å². The van der Waals surface area contributed by atoms with Crippen LogP contribution in [0.1, 0.15) is 32.6 Å². The number of cyclic esters (lactones) is 1. The van der Waals surface area contributed by atoms with E-state index in [1.54, 1.807) is 6.26 Å². The summed E-state index contributed by atoms with van der Waals surface area (Å²) in [5.74, 6) is 0.199. The van der Waals surface area contributed by atoms with Crippen LogP contribution in [-0.4, -0.2) is 17.6 Å². The lowest BCUT2D eigenvalue weighted by atomic mass is 9.90. The zero-order valence-corrected chi connectivity index (χ0v) is 12.8. The van der Waals surface area contributed by atoms with Gasteiger partial charge in [-0.3, -0.25) is 0 Å². The molecule has 1 aliphatic heterocycles. The molecule has 0 saturated carbocycles. The van der Waals surface area contributed by atoms with E-state index in [-0.39, 0.29) is 23.3 Å². The van der Waals surface area contributed by atoms with E-state index in [0.29, 0.717) is 17.2 Å². The number of ether oxygens (including phenoxy) is 1. The Morgan fingerprint density at radius 2 is 2.25 bits per heavy atom. The molecule has 2 rings (SSSR count). The Labute approximate surface area is 124 Å². The van der Waals surface area contributed by atoms with Crippen LogP contribution in [0.5, 0.6) is 0 Å². The van der Waals surface area contributed by atoms with Crippen molar-refractivity contribution in [3.8, 4) is 0 Å². The zero-order valence-electron chi connectivity index (χ0n) is 11.9. The topological polar surface area (TPSA) is 51.5 Å². The molecule has 2 heterocycles. The Kier molecular flexibility index (Phi) is 3.99. The summed E-state index contributed by atoms with van der Waals surface area (Å²) in [6.45, 7) is 10.2. The fourth-order valence-electron chi connectivity index (χ4n) is 2.00. The first-order valence-corrected chi connectivity index (χ1v) is 6.92. The first-order chi connectivity index (χ1) is 9.30. The van der Waals surface area contributed by atoms with E-state index in [2.05, 4.69) is 11.9 Å². The van der Waals surface area contributed by atoms with Crippen molar-refractivity contribution in [2.75, 3.05) is 6.61 Å². The zero-order chi connectivity index (χ0) is 14.9. The first-order valence-electron chi connectivity index (χ1n) is 6.51. The minimum Gasteiger partial charge on any atom is -0.467 e. The van der Waals surface area contributed by atoms with Crippen LogP contribution in [0.4, 0.5) is 0 Å². The van der Waals surface area contributed by atoms with Gasteiger partial charge in [0.15, 0.2) is 0 Å². The monoisotopic (exact) mass is 293 g/mol. The highest BCUT2D eigenvalue weighted by Gasteiger charge is 2.38. The molecule has 20 heavy (non-hydrogen) atoms. The molecule has 0 bridgehead atoms. The summed E-state index contributed by atoms with van der Waals surface area (Å²) in [5, 5.41) is 3.30. The maximum atomic E-state index is 11.5. The molecule has 2 atom stereocenters. The van der Waals surface area contributed by atoms with Crippen LogP contribution < -0.4 is 5.32 Å². The quantitative estimate of drug-likeness (QED) is 0.527. The van der Waals surface area contributed by atoms with Gasteiger partial charge in [0.1, 0.15) is 12.4 Å². The van der Waals surface area contributed by atoms with Crippen LogP contribution in [0.25, 0.3) is 0 Å². The lowest BCUT2D eigenvalue weighted by Gasteiger charge is -2.28. The third kappa shape index (κ3) is 2.93. The van der Waals surface area contributed by atoms with Crippen LogP contribution in [0.15, 0.2) is 35.0 Å². The van der Waals surface area contributed by atoms with Gasteiger partial charge in [-0.25, -0.2) is 4.79 Å². The molecule has 0 aromatic carbocycles. The van der Waals surface area contributed by atoms with Crippen molar-refractivity contribution in [1.29, 1.82) is 0 Å². The highest BCUT2D eigenvalue weighted by molar-refractivity contribution is 7.80. The standard InChI is InChI=1S/C15H19NO3S/c1-9-10(8-19-13(9)17)12(11-6-5-7-18-11)16-14(20)15(2,3)4/h5-7,10,12H,1,8H2,2-4H3,(H,16,20). The largest absolute Gasteiger partial charge is 0.467 e. The second-order valence-corrected chi connectivity index (χ2v) is 6.35. The van der Waals surface area contributed by atoms with Gasteiger partial charge in [-0.05, 0) is 12.1 Å². The molecular formula is C15H19NO3S. The van der Waals surface area contributed by atoms with Gasteiger partial charge in [0.2, 0.25) is 0 Å². The van der Waals surface area contributed by atoms with Gasteiger partial charge in [-0.2, -0.15) is 0 Å². The molecule has 1 aromatic rings. The summed E-state index contributed by atoms with van der Waals surface area (Å²) in [5.41, 5.74) is 0.293. The Hall–Kier alpha value is -1.62. The Morgan fingerprint density at radius 1 is 1.55 bits per heavy atom. The minimum atomic E-state index is -0.352. The summed E-state index contributed by atoms with van der Waals surface area (Å²) in [4.78, 5) is 12.2. The number of furan rings is 1. The van der Waals surface area contributed by atoms with Crippen LogP contribution in [0.3, 0.4) is 0 Å². The lowest BCUT2D eigenvalue weighted by Crippen LogP contribution is -2.39. The van der Waals surface area contributed by atoms with Gasteiger partial charge >= 0.3 is 5.97 Å². The molecular weight excluding hydrogens is 274 g/mol. The Bertz CT molecular complexity index is 528. The lowest BCUT2D eigenvalue weighted by molar-refractivity contribution is -0.135. The van der Waals surface area contributed by atoms with E-state index >= 15 is 0 Å². The van der Waals surface area contributed by atoms with Crippen molar-refractivity contribution in [1.82, 2.24) is 5.32 Å². The molecule has 0 amide bonds. The molecule has 1 aliphatic rings. The molecule has 1 saturated heterocycles. The van der Waals surface area contributed by atoms with Gasteiger partial charge < -0.3 is 14.5 Å². The fraction of sp³-hybridized carbons (Fsp3) is 0.467. The average molecular weight is 293 g/mol. The molecule has 5 heteroatoms. The van der Waals surface area contributed by atoms with Crippen molar-refractivity contribution >= 4 is 23.2 Å². The van der Waals surface area contributed by atoms with Gasteiger partial charge in [0.05, 0.1) is 23.2 Å². The van der Waals surface area contributed by atoms with E-state index < -0.39 is 0 Å². The average Bonchev–Trinajstić information content (AvgIpc) is 2.98. The van der Waals surface area contributed by atoms with Crippen molar-refractivity contribution in [3.63, 3.8) is 0 Å². The third-order valence-electron chi connectivity index (χ3n) is 3.32. The molecule has 1 aromatic heterocycles. The normalized spacial score (nSPS) is 20.6. The second kappa shape index (κ2) is 5.40. The van der Waals surface area contributed by atoms with Crippen molar-refractivity contribution in [2.45, 2.75) is 26.8 Å².